The molecule has 118 valence electrons. The molecule has 4 nitrogen and oxygen atoms in total. The van der Waals surface area contributed by atoms with Gasteiger partial charge in [0.05, 0.1) is 5.92 Å². The maximum absolute atomic E-state index is 12.3. The molecule has 1 aliphatic heterocycles. The number of piperidine rings is 1. The van der Waals surface area contributed by atoms with E-state index < -0.39 is 0 Å². The Hall–Kier alpha value is -1.10. The molecule has 1 aliphatic rings. The lowest BCUT2D eigenvalue weighted by atomic mass is 9.95. The van der Waals surface area contributed by atoms with Crippen molar-refractivity contribution in [3.05, 3.63) is 30.3 Å². The number of likely N-dealkylation sites (tertiary alicyclic amines) is 1. The summed E-state index contributed by atoms with van der Waals surface area (Å²) in [6, 6.07) is 9.64. The van der Waals surface area contributed by atoms with Gasteiger partial charge in [-0.25, -0.2) is 0 Å². The topological polar surface area (TPSA) is 58.4 Å². The fraction of sp³-hybridized carbons (Fsp3) is 0.562. The Kier molecular flexibility index (Phi) is 6.65. The Morgan fingerprint density at radius 2 is 2.05 bits per heavy atom. The Morgan fingerprint density at radius 1 is 1.38 bits per heavy atom. The van der Waals surface area contributed by atoms with Gasteiger partial charge in [-0.1, -0.05) is 18.2 Å². The van der Waals surface area contributed by atoms with Gasteiger partial charge in [0.1, 0.15) is 0 Å². The highest BCUT2D eigenvalue weighted by Gasteiger charge is 2.28. The van der Waals surface area contributed by atoms with Crippen LogP contribution in [0.25, 0.3) is 0 Å². The molecule has 1 heterocycles. The molecule has 21 heavy (non-hydrogen) atoms. The number of nitrogens with two attached hydrogens (primary N) is 1. The fourth-order valence-corrected chi connectivity index (χ4v) is 2.76. The van der Waals surface area contributed by atoms with Gasteiger partial charge >= 0.3 is 0 Å². The van der Waals surface area contributed by atoms with Crippen LogP contribution in [0.5, 0.6) is 0 Å². The van der Waals surface area contributed by atoms with Gasteiger partial charge in [0.15, 0.2) is 0 Å². The van der Waals surface area contributed by atoms with Gasteiger partial charge in [-0.2, -0.15) is 0 Å². The van der Waals surface area contributed by atoms with Crippen LogP contribution in [0.2, 0.25) is 0 Å². The van der Waals surface area contributed by atoms with Crippen molar-refractivity contribution < 1.29 is 4.79 Å². The molecule has 0 spiro atoms. The molecular formula is C16H26ClN3O. The first-order valence-corrected chi connectivity index (χ1v) is 7.31. The molecule has 1 fully saturated rings. The van der Waals surface area contributed by atoms with Crippen LogP contribution in [0.4, 0.5) is 5.69 Å². The van der Waals surface area contributed by atoms with Gasteiger partial charge in [0.2, 0.25) is 5.91 Å². The predicted molar refractivity (Wildman–Crippen MR) is 89.8 cm³/mol. The molecule has 0 radical (unpaired) electrons. The van der Waals surface area contributed by atoms with Gasteiger partial charge in [-0.05, 0) is 45.4 Å². The molecule has 1 aromatic carbocycles. The summed E-state index contributed by atoms with van der Waals surface area (Å²) in [6.07, 6.45) is 2.02. The monoisotopic (exact) mass is 311 g/mol. The molecule has 1 unspecified atom stereocenters. The van der Waals surface area contributed by atoms with Crippen molar-refractivity contribution in [3.8, 4) is 0 Å². The zero-order valence-corrected chi connectivity index (χ0v) is 13.7. The molecule has 5 heteroatoms. The lowest BCUT2D eigenvalue weighted by molar-refractivity contribution is -0.121. The highest BCUT2D eigenvalue weighted by molar-refractivity contribution is 5.92. The largest absolute Gasteiger partial charge is 0.326 e. The highest BCUT2D eigenvalue weighted by atomic mass is 35.5. The van der Waals surface area contributed by atoms with E-state index in [1.807, 2.05) is 44.2 Å². The van der Waals surface area contributed by atoms with E-state index in [0.717, 1.165) is 38.2 Å². The van der Waals surface area contributed by atoms with E-state index in [1.165, 1.54) is 0 Å². The SMILES string of the molecule is CC(C)(N)CN1CCCC(C(=O)Nc2ccccc2)C1.Cl. The van der Waals surface area contributed by atoms with Gasteiger partial charge < -0.3 is 16.0 Å². The zero-order valence-electron chi connectivity index (χ0n) is 12.8. The van der Waals surface area contributed by atoms with Gasteiger partial charge in [-0.3, -0.25) is 4.79 Å². The number of carbonyl (C=O) groups excluding carboxylic acids is 1. The van der Waals surface area contributed by atoms with Crippen LogP contribution < -0.4 is 11.1 Å². The molecule has 0 saturated carbocycles. The molecule has 0 aromatic heterocycles. The summed E-state index contributed by atoms with van der Waals surface area (Å²) in [5.74, 6) is 0.182. The number of nitrogens with zero attached hydrogens (tertiary/aromatic N) is 1. The summed E-state index contributed by atoms with van der Waals surface area (Å²) in [4.78, 5) is 14.6. The van der Waals surface area contributed by atoms with E-state index in [1.54, 1.807) is 0 Å². The van der Waals surface area contributed by atoms with Crippen molar-refractivity contribution in [2.24, 2.45) is 11.7 Å². The second-order valence-electron chi connectivity index (χ2n) is 6.42. The van der Waals surface area contributed by atoms with Gasteiger partial charge in [-0.15, -0.1) is 12.4 Å². The number of anilines is 1. The normalized spacial score (nSPS) is 19.7. The lowest BCUT2D eigenvalue weighted by Gasteiger charge is -2.35. The van der Waals surface area contributed by atoms with Crippen LogP contribution in [-0.4, -0.2) is 36.0 Å². The molecule has 0 bridgehead atoms. The summed E-state index contributed by atoms with van der Waals surface area (Å²) < 4.78 is 0. The number of para-hydroxylation sites is 1. The summed E-state index contributed by atoms with van der Waals surface area (Å²) in [6.45, 7) is 6.73. The van der Waals surface area contributed by atoms with Gasteiger partial charge in [0.25, 0.3) is 0 Å². The molecule has 1 amide bonds. The van der Waals surface area contributed by atoms with Crippen molar-refractivity contribution >= 4 is 24.0 Å². The standard InChI is InChI=1S/C16H25N3O.ClH/c1-16(2,17)12-19-10-6-7-13(11-19)15(20)18-14-8-4-3-5-9-14;/h3-5,8-9,13H,6-7,10-12,17H2,1-2H3,(H,18,20);1H. The zero-order chi connectivity index (χ0) is 14.6. The average molecular weight is 312 g/mol. The van der Waals surface area contributed by atoms with Crippen LogP contribution in [0.3, 0.4) is 0 Å². The Bertz CT molecular complexity index is 445. The molecule has 1 aromatic rings. The summed E-state index contributed by atoms with van der Waals surface area (Å²) in [5, 5.41) is 3.00. The van der Waals surface area contributed by atoms with Crippen molar-refractivity contribution in [1.82, 2.24) is 4.90 Å². The second kappa shape index (κ2) is 7.78. The highest BCUT2D eigenvalue weighted by Crippen LogP contribution is 2.20. The van der Waals surface area contributed by atoms with Gasteiger partial charge in [0, 0.05) is 24.3 Å². The first-order chi connectivity index (χ1) is 9.44. The third-order valence-electron chi connectivity index (χ3n) is 3.55. The minimum atomic E-state index is -0.211. The molecular weight excluding hydrogens is 286 g/mol. The smallest absolute Gasteiger partial charge is 0.228 e. The number of rotatable bonds is 4. The Labute approximate surface area is 133 Å². The van der Waals surface area contributed by atoms with E-state index >= 15 is 0 Å². The number of nitrogens with one attached hydrogen (secondary N) is 1. The van der Waals surface area contributed by atoms with Crippen molar-refractivity contribution in [2.75, 3.05) is 25.0 Å². The maximum atomic E-state index is 12.3. The quantitative estimate of drug-likeness (QED) is 0.898. The molecule has 0 aliphatic carbocycles. The average Bonchev–Trinajstić information content (AvgIpc) is 2.38. The number of hydrogen-bond donors (Lipinski definition) is 2. The third kappa shape index (κ3) is 6.04. The maximum Gasteiger partial charge on any atom is 0.228 e. The number of amides is 1. The molecule has 3 N–H and O–H groups in total. The first-order valence-electron chi connectivity index (χ1n) is 7.31. The summed E-state index contributed by atoms with van der Waals surface area (Å²) in [5.41, 5.74) is 6.73. The summed E-state index contributed by atoms with van der Waals surface area (Å²) >= 11 is 0. The number of hydrogen-bond acceptors (Lipinski definition) is 3. The molecule has 1 atom stereocenters. The van der Waals surface area contributed by atoms with E-state index in [-0.39, 0.29) is 29.8 Å². The minimum absolute atomic E-state index is 0. The van der Waals surface area contributed by atoms with Crippen LogP contribution in [-0.2, 0) is 4.79 Å². The number of carbonyl (C=O) groups is 1. The van der Waals surface area contributed by atoms with Crippen molar-refractivity contribution in [3.63, 3.8) is 0 Å². The number of halogens is 1. The Balaban J connectivity index is 0.00000220. The van der Waals surface area contributed by atoms with E-state index in [2.05, 4.69) is 10.2 Å². The van der Waals surface area contributed by atoms with E-state index in [9.17, 15) is 4.79 Å². The third-order valence-corrected chi connectivity index (χ3v) is 3.55. The number of benzene rings is 1. The Morgan fingerprint density at radius 3 is 2.67 bits per heavy atom. The minimum Gasteiger partial charge on any atom is -0.326 e. The fourth-order valence-electron chi connectivity index (χ4n) is 2.76. The van der Waals surface area contributed by atoms with E-state index in [4.69, 9.17) is 5.73 Å². The molecule has 1 saturated heterocycles. The first kappa shape index (κ1) is 18.0. The van der Waals surface area contributed by atoms with Crippen LogP contribution in [0, 0.1) is 5.92 Å². The lowest BCUT2D eigenvalue weighted by Crippen LogP contribution is -2.50. The second-order valence-corrected chi connectivity index (χ2v) is 6.42. The van der Waals surface area contributed by atoms with Crippen molar-refractivity contribution in [1.29, 1.82) is 0 Å². The van der Waals surface area contributed by atoms with Crippen LogP contribution >= 0.6 is 12.4 Å². The summed E-state index contributed by atoms with van der Waals surface area (Å²) in [7, 11) is 0. The van der Waals surface area contributed by atoms with E-state index in [0.29, 0.717) is 0 Å². The van der Waals surface area contributed by atoms with Crippen molar-refractivity contribution in [2.45, 2.75) is 32.2 Å². The van der Waals surface area contributed by atoms with Crippen LogP contribution in [0.1, 0.15) is 26.7 Å². The predicted octanol–water partition coefficient (Wildman–Crippen LogP) is 2.50. The van der Waals surface area contributed by atoms with Crippen LogP contribution in [0.15, 0.2) is 30.3 Å². The molecule has 2 rings (SSSR count).